The van der Waals surface area contributed by atoms with Crippen molar-refractivity contribution in [1.29, 1.82) is 0 Å². The quantitative estimate of drug-likeness (QED) is 0.784. The minimum Gasteiger partial charge on any atom is -0.355 e. The van der Waals surface area contributed by atoms with Gasteiger partial charge in [-0.25, -0.2) is 0 Å². The van der Waals surface area contributed by atoms with Gasteiger partial charge in [0.25, 0.3) is 0 Å². The molecule has 0 aliphatic rings. The van der Waals surface area contributed by atoms with Gasteiger partial charge in [-0.1, -0.05) is 0 Å². The number of carbonyl (C=O) groups excluding carboxylic acids is 1. The maximum atomic E-state index is 11.5. The van der Waals surface area contributed by atoms with Crippen LogP contribution in [0.25, 0.3) is 0 Å². The molecular formula is C12H22N4O. The zero-order valence-electron chi connectivity index (χ0n) is 11.1. The van der Waals surface area contributed by atoms with Gasteiger partial charge in [0.1, 0.15) is 0 Å². The molecule has 96 valence electrons. The van der Waals surface area contributed by atoms with E-state index < -0.39 is 0 Å². The molecule has 0 aliphatic heterocycles. The zero-order chi connectivity index (χ0) is 12.9. The van der Waals surface area contributed by atoms with Crippen LogP contribution in [0.2, 0.25) is 0 Å². The maximum Gasteiger partial charge on any atom is 0.233 e. The minimum absolute atomic E-state index is 0.0271. The molecule has 2 N–H and O–H groups in total. The highest BCUT2D eigenvalue weighted by molar-refractivity contribution is 5.78. The first-order valence-corrected chi connectivity index (χ1v) is 5.86. The van der Waals surface area contributed by atoms with Crippen LogP contribution in [0, 0.1) is 0 Å². The topological polar surface area (TPSA) is 59.0 Å². The molecule has 1 aromatic rings. The van der Waals surface area contributed by atoms with Crippen LogP contribution in [-0.4, -0.2) is 34.3 Å². The van der Waals surface area contributed by atoms with E-state index in [0.717, 1.165) is 12.0 Å². The summed E-state index contributed by atoms with van der Waals surface area (Å²) < 4.78 is 1.76. The van der Waals surface area contributed by atoms with E-state index in [1.807, 2.05) is 40.2 Å². The Labute approximate surface area is 103 Å². The van der Waals surface area contributed by atoms with Crippen molar-refractivity contribution in [3.05, 3.63) is 18.0 Å². The molecule has 0 unspecified atom stereocenters. The molecule has 0 atom stereocenters. The van der Waals surface area contributed by atoms with Gasteiger partial charge < -0.3 is 10.6 Å². The van der Waals surface area contributed by atoms with Gasteiger partial charge in [-0.3, -0.25) is 9.48 Å². The van der Waals surface area contributed by atoms with E-state index >= 15 is 0 Å². The molecule has 1 aromatic heterocycles. The molecule has 1 amide bonds. The molecule has 0 saturated heterocycles. The maximum absolute atomic E-state index is 11.5. The molecule has 5 nitrogen and oxygen atoms in total. The Morgan fingerprint density at radius 1 is 1.47 bits per heavy atom. The van der Waals surface area contributed by atoms with E-state index in [1.165, 1.54) is 0 Å². The van der Waals surface area contributed by atoms with E-state index in [-0.39, 0.29) is 11.4 Å². The smallest absolute Gasteiger partial charge is 0.233 e. The number of aromatic nitrogens is 2. The second-order valence-electron chi connectivity index (χ2n) is 5.23. The number of hydrogen-bond acceptors (Lipinski definition) is 3. The van der Waals surface area contributed by atoms with Crippen LogP contribution in [-0.2, 0) is 18.3 Å². The van der Waals surface area contributed by atoms with E-state index in [1.54, 1.807) is 4.68 Å². The summed E-state index contributed by atoms with van der Waals surface area (Å²) in [6.07, 6.45) is 4.59. The zero-order valence-corrected chi connectivity index (χ0v) is 11.1. The molecule has 0 saturated carbocycles. The van der Waals surface area contributed by atoms with Crippen molar-refractivity contribution in [2.45, 2.75) is 32.7 Å². The van der Waals surface area contributed by atoms with Crippen LogP contribution in [0.3, 0.4) is 0 Å². The monoisotopic (exact) mass is 238 g/mol. The van der Waals surface area contributed by atoms with Gasteiger partial charge in [0.2, 0.25) is 5.91 Å². The first kappa shape index (κ1) is 13.7. The van der Waals surface area contributed by atoms with Gasteiger partial charge in [-0.2, -0.15) is 5.10 Å². The summed E-state index contributed by atoms with van der Waals surface area (Å²) in [5.41, 5.74) is 1.11. The van der Waals surface area contributed by atoms with Crippen molar-refractivity contribution in [1.82, 2.24) is 20.4 Å². The van der Waals surface area contributed by atoms with Crippen molar-refractivity contribution in [3.8, 4) is 0 Å². The largest absolute Gasteiger partial charge is 0.355 e. The fourth-order valence-corrected chi connectivity index (χ4v) is 1.36. The van der Waals surface area contributed by atoms with E-state index in [0.29, 0.717) is 13.1 Å². The number of nitrogens with one attached hydrogen (secondary N) is 2. The highest BCUT2D eigenvalue weighted by Gasteiger charge is 2.10. The summed E-state index contributed by atoms with van der Waals surface area (Å²) in [6.45, 7) is 7.12. The van der Waals surface area contributed by atoms with Crippen LogP contribution in [0.1, 0.15) is 26.3 Å². The Hall–Kier alpha value is -1.36. The third-order valence-electron chi connectivity index (χ3n) is 2.27. The lowest BCUT2D eigenvalue weighted by Crippen LogP contribution is -2.43. The first-order valence-electron chi connectivity index (χ1n) is 5.86. The van der Waals surface area contributed by atoms with E-state index in [2.05, 4.69) is 15.7 Å². The van der Waals surface area contributed by atoms with Crippen LogP contribution in [0.15, 0.2) is 12.4 Å². The fourth-order valence-electron chi connectivity index (χ4n) is 1.36. The van der Waals surface area contributed by atoms with Gasteiger partial charge in [0, 0.05) is 25.3 Å². The third kappa shape index (κ3) is 6.06. The fraction of sp³-hybridized carbons (Fsp3) is 0.667. The molecule has 5 heteroatoms. The van der Waals surface area contributed by atoms with Crippen molar-refractivity contribution in [2.24, 2.45) is 7.05 Å². The molecule has 1 rings (SSSR count). The number of carbonyl (C=O) groups is 1. The molecule has 1 heterocycles. The van der Waals surface area contributed by atoms with Crippen molar-refractivity contribution in [2.75, 3.05) is 13.1 Å². The lowest BCUT2D eigenvalue weighted by atomic mass is 10.1. The molecule has 0 bridgehead atoms. The summed E-state index contributed by atoms with van der Waals surface area (Å²) >= 11 is 0. The Balaban J connectivity index is 2.16. The summed E-state index contributed by atoms with van der Waals surface area (Å²) in [5, 5.41) is 10.1. The minimum atomic E-state index is -0.0271. The highest BCUT2D eigenvalue weighted by atomic mass is 16.1. The van der Waals surface area contributed by atoms with Gasteiger partial charge in [0.15, 0.2) is 0 Å². The molecular weight excluding hydrogens is 216 g/mol. The van der Waals surface area contributed by atoms with Crippen molar-refractivity contribution >= 4 is 5.91 Å². The standard InChI is InChI=1S/C12H22N4O/c1-12(2,3)14-8-11(17)13-6-5-10-7-15-16(4)9-10/h7,9,14H,5-6,8H2,1-4H3,(H,13,17). The lowest BCUT2D eigenvalue weighted by Gasteiger charge is -2.19. The Bertz CT molecular complexity index is 365. The van der Waals surface area contributed by atoms with Gasteiger partial charge in [0.05, 0.1) is 12.7 Å². The van der Waals surface area contributed by atoms with E-state index in [4.69, 9.17) is 0 Å². The van der Waals surface area contributed by atoms with E-state index in [9.17, 15) is 4.79 Å². The summed E-state index contributed by atoms with van der Waals surface area (Å²) in [4.78, 5) is 11.5. The van der Waals surface area contributed by atoms with Crippen LogP contribution in [0.5, 0.6) is 0 Å². The average molecular weight is 238 g/mol. The van der Waals surface area contributed by atoms with Gasteiger partial charge in [-0.05, 0) is 32.8 Å². The molecule has 17 heavy (non-hydrogen) atoms. The second-order valence-corrected chi connectivity index (χ2v) is 5.23. The molecule has 0 spiro atoms. The SMILES string of the molecule is Cn1cc(CCNC(=O)CNC(C)(C)C)cn1. The predicted octanol–water partition coefficient (Wildman–Crippen LogP) is 0.467. The number of hydrogen-bond donors (Lipinski definition) is 2. The predicted molar refractivity (Wildman–Crippen MR) is 67.7 cm³/mol. The molecule has 0 radical (unpaired) electrons. The normalized spacial score (nSPS) is 11.5. The first-order chi connectivity index (χ1) is 7.87. The second kappa shape index (κ2) is 5.82. The lowest BCUT2D eigenvalue weighted by molar-refractivity contribution is -0.120. The van der Waals surface area contributed by atoms with Crippen LogP contribution < -0.4 is 10.6 Å². The van der Waals surface area contributed by atoms with Gasteiger partial charge >= 0.3 is 0 Å². The van der Waals surface area contributed by atoms with Crippen molar-refractivity contribution < 1.29 is 4.79 Å². The Morgan fingerprint density at radius 2 is 2.18 bits per heavy atom. The Kier molecular flexibility index (Phi) is 4.69. The van der Waals surface area contributed by atoms with Crippen molar-refractivity contribution in [3.63, 3.8) is 0 Å². The molecule has 0 aromatic carbocycles. The summed E-state index contributed by atoms with van der Waals surface area (Å²) in [6, 6.07) is 0. The summed E-state index contributed by atoms with van der Waals surface area (Å²) in [7, 11) is 1.88. The third-order valence-corrected chi connectivity index (χ3v) is 2.27. The molecule has 0 aliphatic carbocycles. The number of nitrogens with zero attached hydrogens (tertiary/aromatic N) is 2. The van der Waals surface area contributed by atoms with Crippen LogP contribution in [0.4, 0.5) is 0 Å². The highest BCUT2D eigenvalue weighted by Crippen LogP contribution is 1.97. The Morgan fingerprint density at radius 3 is 2.71 bits per heavy atom. The summed E-state index contributed by atoms with van der Waals surface area (Å²) in [5.74, 6) is 0.0313. The number of amides is 1. The molecule has 0 fully saturated rings. The average Bonchev–Trinajstić information content (AvgIpc) is 2.60. The number of aryl methyl sites for hydroxylation is 1. The number of rotatable bonds is 5. The van der Waals surface area contributed by atoms with Crippen LogP contribution >= 0.6 is 0 Å². The van der Waals surface area contributed by atoms with Gasteiger partial charge in [-0.15, -0.1) is 0 Å².